The molecular weight excluding hydrogens is 330 g/mol. The van der Waals surface area contributed by atoms with E-state index in [0.717, 1.165) is 19.5 Å². The first-order valence-corrected chi connectivity index (χ1v) is 9.49. The fourth-order valence-corrected chi connectivity index (χ4v) is 3.54. The van der Waals surface area contributed by atoms with Crippen molar-refractivity contribution in [3.05, 3.63) is 23.8 Å². The van der Waals surface area contributed by atoms with Crippen LogP contribution >= 0.6 is 0 Å². The summed E-state index contributed by atoms with van der Waals surface area (Å²) in [5, 5.41) is 5.21. The average molecular weight is 355 g/mol. The van der Waals surface area contributed by atoms with Gasteiger partial charge in [-0.25, -0.2) is 18.5 Å². The lowest BCUT2D eigenvalue weighted by Gasteiger charge is -2.21. The summed E-state index contributed by atoms with van der Waals surface area (Å²) >= 11 is 0. The van der Waals surface area contributed by atoms with Gasteiger partial charge in [0.25, 0.3) is 0 Å². The molecule has 0 saturated carbocycles. The van der Waals surface area contributed by atoms with Gasteiger partial charge in [0.1, 0.15) is 5.75 Å². The van der Waals surface area contributed by atoms with E-state index < -0.39 is 10.0 Å². The van der Waals surface area contributed by atoms with Gasteiger partial charge in [0, 0.05) is 6.04 Å². The Morgan fingerprint density at radius 2 is 2.17 bits per heavy atom. The second-order valence-electron chi connectivity index (χ2n) is 5.68. The van der Waals surface area contributed by atoms with E-state index in [1.807, 2.05) is 0 Å². The zero-order chi connectivity index (χ0) is 17.7. The van der Waals surface area contributed by atoms with Gasteiger partial charge in [-0.2, -0.15) is 0 Å². The van der Waals surface area contributed by atoms with Crippen molar-refractivity contribution in [3.8, 4) is 5.75 Å². The van der Waals surface area contributed by atoms with Crippen LogP contribution in [0.1, 0.15) is 25.3 Å². The molecule has 0 aliphatic carbocycles. The first kappa shape index (κ1) is 18.7. The second kappa shape index (κ2) is 7.96. The van der Waals surface area contributed by atoms with Gasteiger partial charge in [0.2, 0.25) is 15.9 Å². The predicted molar refractivity (Wildman–Crippen MR) is 93.0 cm³/mol. The molecule has 0 spiro atoms. The number of likely N-dealkylation sites (tertiary alicyclic amines) is 1. The third-order valence-electron chi connectivity index (χ3n) is 4.27. The molecule has 2 N–H and O–H groups in total. The minimum atomic E-state index is -3.81. The van der Waals surface area contributed by atoms with Gasteiger partial charge >= 0.3 is 0 Å². The smallest absolute Gasteiger partial charge is 0.238 e. The highest BCUT2D eigenvalue weighted by molar-refractivity contribution is 7.89. The van der Waals surface area contributed by atoms with Crippen LogP contribution in [-0.4, -0.2) is 59.1 Å². The van der Waals surface area contributed by atoms with Crippen LogP contribution < -0.4 is 9.88 Å². The number of sulfonamides is 1. The maximum Gasteiger partial charge on any atom is 0.238 e. The Hall–Kier alpha value is -1.64. The summed E-state index contributed by atoms with van der Waals surface area (Å²) in [7, 11) is -0.789. The van der Waals surface area contributed by atoms with E-state index in [4.69, 9.17) is 14.6 Å². The van der Waals surface area contributed by atoms with E-state index in [2.05, 4.69) is 16.8 Å². The van der Waals surface area contributed by atoms with E-state index in [1.54, 1.807) is 6.07 Å². The average Bonchev–Trinajstić information content (AvgIpc) is 3.02. The Morgan fingerprint density at radius 3 is 2.75 bits per heavy atom. The summed E-state index contributed by atoms with van der Waals surface area (Å²) in [6, 6.07) is 4.77. The molecule has 1 fully saturated rings. The van der Waals surface area contributed by atoms with Crippen LogP contribution in [0.5, 0.6) is 5.75 Å². The Morgan fingerprint density at radius 1 is 1.42 bits per heavy atom. The van der Waals surface area contributed by atoms with Crippen molar-refractivity contribution in [1.82, 2.24) is 4.90 Å². The standard InChI is InChI=1S/C16H25N3O4S/c1-4-19-9-5-6-12(19)11-18-16(23-3)14-10-13(24(17,20)21)7-8-15(14)22-2/h7-8,10,12H,4-6,9,11H2,1-3H3,(H2,17,20,21)/b18-16-. The van der Waals surface area contributed by atoms with Crippen LogP contribution in [0.3, 0.4) is 0 Å². The number of hydrogen-bond acceptors (Lipinski definition) is 6. The lowest BCUT2D eigenvalue weighted by Crippen LogP contribution is -2.31. The lowest BCUT2D eigenvalue weighted by atomic mass is 10.2. The molecule has 8 heteroatoms. The quantitative estimate of drug-likeness (QED) is 0.612. The van der Waals surface area contributed by atoms with Crippen LogP contribution in [0.4, 0.5) is 0 Å². The van der Waals surface area contributed by atoms with Gasteiger partial charge in [0.15, 0.2) is 0 Å². The topological polar surface area (TPSA) is 94.2 Å². The van der Waals surface area contributed by atoms with E-state index in [1.165, 1.54) is 32.8 Å². The molecular formula is C16H25N3O4S. The fourth-order valence-electron chi connectivity index (χ4n) is 3.00. The molecule has 1 aromatic carbocycles. The number of benzene rings is 1. The predicted octanol–water partition coefficient (Wildman–Crippen LogP) is 1.22. The van der Waals surface area contributed by atoms with Crippen molar-refractivity contribution >= 4 is 15.9 Å². The molecule has 24 heavy (non-hydrogen) atoms. The monoisotopic (exact) mass is 355 g/mol. The summed E-state index contributed by atoms with van der Waals surface area (Å²) in [5.41, 5.74) is 0.479. The summed E-state index contributed by atoms with van der Waals surface area (Å²) in [5.74, 6) is 0.835. The summed E-state index contributed by atoms with van der Waals surface area (Å²) in [6.07, 6.45) is 2.27. The molecule has 7 nitrogen and oxygen atoms in total. The van der Waals surface area contributed by atoms with Crippen LogP contribution in [0.15, 0.2) is 28.1 Å². The molecule has 1 aromatic rings. The fraction of sp³-hybridized carbons (Fsp3) is 0.562. The number of methoxy groups -OCH3 is 2. The minimum Gasteiger partial charge on any atom is -0.496 e. The van der Waals surface area contributed by atoms with Crippen LogP contribution in [-0.2, 0) is 14.8 Å². The number of nitrogens with two attached hydrogens (primary N) is 1. The van der Waals surface area contributed by atoms with Gasteiger partial charge in [-0.1, -0.05) is 6.92 Å². The van der Waals surface area contributed by atoms with Gasteiger partial charge in [-0.3, -0.25) is 4.90 Å². The molecule has 0 amide bonds. The number of primary sulfonamides is 1. The van der Waals surface area contributed by atoms with Gasteiger partial charge in [-0.05, 0) is 44.1 Å². The number of nitrogens with zero attached hydrogens (tertiary/aromatic N) is 2. The highest BCUT2D eigenvalue weighted by Gasteiger charge is 2.23. The van der Waals surface area contributed by atoms with Crippen molar-refractivity contribution < 1.29 is 17.9 Å². The van der Waals surface area contributed by atoms with Crippen LogP contribution in [0, 0.1) is 0 Å². The highest BCUT2D eigenvalue weighted by atomic mass is 32.2. The van der Waals surface area contributed by atoms with Crippen molar-refractivity contribution in [3.63, 3.8) is 0 Å². The molecule has 1 saturated heterocycles. The van der Waals surface area contributed by atoms with E-state index >= 15 is 0 Å². The van der Waals surface area contributed by atoms with Gasteiger partial charge in [0.05, 0.1) is 31.2 Å². The molecule has 1 aliphatic rings. The molecule has 0 radical (unpaired) electrons. The normalized spacial score (nSPS) is 19.5. The van der Waals surface area contributed by atoms with Crippen molar-refractivity contribution in [2.75, 3.05) is 33.9 Å². The maximum absolute atomic E-state index is 11.6. The van der Waals surface area contributed by atoms with E-state index in [9.17, 15) is 8.42 Å². The van der Waals surface area contributed by atoms with Crippen molar-refractivity contribution in [2.45, 2.75) is 30.7 Å². The maximum atomic E-state index is 11.6. The Kier molecular flexibility index (Phi) is 6.20. The Labute approximate surface area is 143 Å². The van der Waals surface area contributed by atoms with Crippen molar-refractivity contribution in [2.24, 2.45) is 10.1 Å². The minimum absolute atomic E-state index is 0.000832. The van der Waals surface area contributed by atoms with Crippen LogP contribution in [0.25, 0.3) is 0 Å². The molecule has 2 rings (SSSR count). The zero-order valence-corrected chi connectivity index (χ0v) is 15.2. The summed E-state index contributed by atoms with van der Waals surface area (Å²) in [4.78, 5) is 6.94. The first-order valence-electron chi connectivity index (χ1n) is 7.94. The molecule has 0 bridgehead atoms. The molecule has 1 aliphatic heterocycles. The second-order valence-corrected chi connectivity index (χ2v) is 7.24. The van der Waals surface area contributed by atoms with Crippen molar-refractivity contribution in [1.29, 1.82) is 0 Å². The SMILES string of the molecule is CCN1CCCC1C/N=C(\OC)c1cc(S(N)(=O)=O)ccc1OC. The molecule has 0 aromatic heterocycles. The third-order valence-corrected chi connectivity index (χ3v) is 5.19. The summed E-state index contributed by atoms with van der Waals surface area (Å²) < 4.78 is 33.9. The highest BCUT2D eigenvalue weighted by Crippen LogP contribution is 2.24. The molecule has 1 unspecified atom stereocenters. The van der Waals surface area contributed by atoms with E-state index in [-0.39, 0.29) is 4.90 Å². The van der Waals surface area contributed by atoms with E-state index in [0.29, 0.717) is 29.8 Å². The number of ether oxygens (including phenoxy) is 2. The molecule has 134 valence electrons. The number of aliphatic imine (C=N–C) groups is 1. The first-order chi connectivity index (χ1) is 11.4. The zero-order valence-electron chi connectivity index (χ0n) is 14.4. The number of likely N-dealkylation sites (N-methyl/N-ethyl adjacent to an activating group) is 1. The molecule has 1 heterocycles. The number of rotatable bonds is 6. The Balaban J connectivity index is 2.33. The summed E-state index contributed by atoms with van der Waals surface area (Å²) in [6.45, 7) is 4.81. The van der Waals surface area contributed by atoms with Gasteiger partial charge in [-0.15, -0.1) is 0 Å². The number of hydrogen-bond donors (Lipinski definition) is 1. The molecule has 1 atom stereocenters. The van der Waals surface area contributed by atoms with Crippen LogP contribution in [0.2, 0.25) is 0 Å². The lowest BCUT2D eigenvalue weighted by molar-refractivity contribution is 0.271. The Bertz CT molecular complexity index is 703. The van der Waals surface area contributed by atoms with Gasteiger partial charge < -0.3 is 9.47 Å². The third kappa shape index (κ3) is 4.25. The largest absolute Gasteiger partial charge is 0.496 e.